The minimum atomic E-state index is -2.93. The first-order chi connectivity index (χ1) is 37.2. The Bertz CT molecular complexity index is 3430. The summed E-state index contributed by atoms with van der Waals surface area (Å²) in [6.45, 7) is 0. The van der Waals surface area contributed by atoms with Crippen LogP contribution in [0.3, 0.4) is 0 Å². The molecule has 4 nitrogen and oxygen atoms in total. The predicted octanol–water partition coefficient (Wildman–Crippen LogP) is 11.1. The summed E-state index contributed by atoms with van der Waals surface area (Å²) < 4.78 is 0. The minimum Gasteiger partial charge on any atom is -0.278 e. The molecule has 0 fully saturated rings. The van der Waals surface area contributed by atoms with Crippen LogP contribution >= 0.6 is 0 Å². The van der Waals surface area contributed by atoms with Crippen LogP contribution in [0.1, 0.15) is 0 Å². The lowest BCUT2D eigenvalue weighted by Crippen LogP contribution is -2.74. The van der Waals surface area contributed by atoms with Crippen molar-refractivity contribution in [3.63, 3.8) is 0 Å². The Kier molecular flexibility index (Phi) is 13.1. The number of hydrogen-bond donors (Lipinski definition) is 0. The quantitative estimate of drug-likeness (QED) is 0.0804. The number of rotatable bonds is 14. The van der Waals surface area contributed by atoms with Gasteiger partial charge in [0.1, 0.15) is 0 Å². The Morgan fingerprint density at radius 1 is 0.240 bits per heavy atom. The lowest BCUT2D eigenvalue weighted by molar-refractivity contribution is 1.02. The highest BCUT2D eigenvalue weighted by Gasteiger charge is 2.43. The van der Waals surface area contributed by atoms with Crippen molar-refractivity contribution in [2.45, 2.75) is 0 Å². The molecule has 356 valence electrons. The number of para-hydroxylation sites is 2. The van der Waals surface area contributed by atoms with E-state index in [0.29, 0.717) is 17.6 Å². The van der Waals surface area contributed by atoms with Gasteiger partial charge in [0.05, 0.1) is 5.69 Å². The molecule has 6 heteroatoms. The van der Waals surface area contributed by atoms with Crippen LogP contribution in [0.5, 0.6) is 0 Å². The molecule has 12 aromatic rings. The first-order valence-corrected chi connectivity index (χ1v) is 29.5. The zero-order valence-electron chi connectivity index (χ0n) is 41.3. The summed E-state index contributed by atoms with van der Waals surface area (Å²) in [5.41, 5.74) is 5.84. The SMILES string of the molecule is c1ccc(-c2ccccc2N(c2ccccc2)c2nc(-c3cccc([Si](c4ccccc4)(c4ccccc4)c4ccccc4)c3)nc(-c3cccc([Si](c4ccccc4)(c4ccccc4)c4ccccc4)c3)n2)cc1. The van der Waals surface area contributed by atoms with Gasteiger partial charge in [-0.25, -0.2) is 4.98 Å². The smallest absolute Gasteiger partial charge is 0.238 e. The Balaban J connectivity index is 1.13. The standard InChI is InChI=1S/C69H52N4Si2/c1-9-29-53(30-10-1)65-49-25-26-50-66(65)73(56-33-11-2-12-34-56)69-71-67(54-31-27-47-63(51-54)74(57-35-13-3-14-36-57,58-37-15-4-16-38-58)59-39-17-5-18-40-59)70-68(72-69)55-32-28-48-64(52-55)75(60-41-19-6-20-42-60,61-43-21-7-22-44-61)62-45-23-8-24-46-62/h1-52H. The molecular formula is C69H52N4Si2. The monoisotopic (exact) mass is 992 g/mol. The first-order valence-electron chi connectivity index (χ1n) is 25.5. The fraction of sp³-hybridized carbons (Fsp3) is 0. The number of hydrogen-bond acceptors (Lipinski definition) is 4. The minimum absolute atomic E-state index is 0.510. The fourth-order valence-electron chi connectivity index (χ4n) is 11.1. The van der Waals surface area contributed by atoms with Gasteiger partial charge in [-0.2, -0.15) is 9.97 Å². The first kappa shape index (κ1) is 46.7. The van der Waals surface area contributed by atoms with Crippen LogP contribution in [0.15, 0.2) is 315 Å². The Labute approximate surface area is 441 Å². The van der Waals surface area contributed by atoms with E-state index in [1.807, 2.05) is 0 Å². The van der Waals surface area contributed by atoms with E-state index >= 15 is 0 Å². The summed E-state index contributed by atoms with van der Waals surface area (Å²) in [5, 5.41) is 10.2. The third-order valence-corrected chi connectivity index (χ3v) is 24.0. The van der Waals surface area contributed by atoms with Crippen molar-refractivity contribution in [2.24, 2.45) is 0 Å². The van der Waals surface area contributed by atoms with Crippen LogP contribution in [-0.4, -0.2) is 31.1 Å². The topological polar surface area (TPSA) is 41.9 Å². The second-order valence-electron chi connectivity index (χ2n) is 18.7. The van der Waals surface area contributed by atoms with E-state index in [-0.39, 0.29) is 0 Å². The van der Waals surface area contributed by atoms with Crippen LogP contribution in [0.25, 0.3) is 33.9 Å². The zero-order chi connectivity index (χ0) is 50.3. The van der Waals surface area contributed by atoms with Gasteiger partial charge in [-0.15, -0.1) is 0 Å². The molecule has 0 atom stereocenters. The highest BCUT2D eigenvalue weighted by molar-refractivity contribution is 7.20. The van der Waals surface area contributed by atoms with Crippen molar-refractivity contribution >= 4 is 75.0 Å². The lowest BCUT2D eigenvalue weighted by Gasteiger charge is -2.34. The highest BCUT2D eigenvalue weighted by atomic mass is 28.3. The summed E-state index contributed by atoms with van der Waals surface area (Å²) in [5.74, 6) is 1.67. The van der Waals surface area contributed by atoms with E-state index in [9.17, 15) is 0 Å². The van der Waals surface area contributed by atoms with E-state index in [2.05, 4.69) is 320 Å². The number of anilines is 3. The predicted molar refractivity (Wildman–Crippen MR) is 318 cm³/mol. The van der Waals surface area contributed by atoms with Gasteiger partial charge in [-0.05, 0) is 65.3 Å². The van der Waals surface area contributed by atoms with Crippen LogP contribution in [0.4, 0.5) is 17.3 Å². The third kappa shape index (κ3) is 8.82. The summed E-state index contributed by atoms with van der Waals surface area (Å²) in [4.78, 5) is 19.0. The summed E-state index contributed by atoms with van der Waals surface area (Å²) >= 11 is 0. The Hall–Kier alpha value is -9.34. The third-order valence-electron chi connectivity index (χ3n) is 14.4. The molecule has 0 saturated carbocycles. The van der Waals surface area contributed by atoms with Gasteiger partial charge in [0.25, 0.3) is 0 Å². The van der Waals surface area contributed by atoms with Crippen LogP contribution in [-0.2, 0) is 0 Å². The molecule has 0 N–H and O–H groups in total. The number of nitrogens with zero attached hydrogens (tertiary/aromatic N) is 4. The summed E-state index contributed by atoms with van der Waals surface area (Å²) in [6.07, 6.45) is 0. The van der Waals surface area contributed by atoms with Crippen LogP contribution < -0.4 is 46.4 Å². The van der Waals surface area contributed by atoms with Crippen molar-refractivity contribution in [1.29, 1.82) is 0 Å². The molecule has 0 unspecified atom stereocenters. The zero-order valence-corrected chi connectivity index (χ0v) is 43.3. The van der Waals surface area contributed by atoms with Gasteiger partial charge in [0, 0.05) is 22.4 Å². The van der Waals surface area contributed by atoms with Gasteiger partial charge in [-0.3, -0.25) is 4.90 Å². The van der Waals surface area contributed by atoms with Gasteiger partial charge in [0.2, 0.25) is 5.95 Å². The van der Waals surface area contributed by atoms with E-state index in [1.165, 1.54) is 41.5 Å². The molecule has 0 amide bonds. The molecule has 0 bridgehead atoms. The molecule has 0 aliphatic heterocycles. The molecule has 0 aliphatic carbocycles. The number of benzene rings is 11. The second-order valence-corrected chi connectivity index (χ2v) is 26.3. The molecule has 0 aliphatic rings. The molecule has 0 spiro atoms. The maximum atomic E-state index is 5.60. The van der Waals surface area contributed by atoms with Crippen molar-refractivity contribution in [1.82, 2.24) is 15.0 Å². The second kappa shape index (κ2) is 21.0. The van der Waals surface area contributed by atoms with Crippen molar-refractivity contribution in [2.75, 3.05) is 4.90 Å². The average Bonchev–Trinajstić information content (AvgIpc) is 3.50. The Morgan fingerprint density at radius 3 is 0.907 bits per heavy atom. The maximum Gasteiger partial charge on any atom is 0.238 e. The van der Waals surface area contributed by atoms with Crippen molar-refractivity contribution < 1.29 is 0 Å². The van der Waals surface area contributed by atoms with E-state index in [4.69, 9.17) is 15.0 Å². The largest absolute Gasteiger partial charge is 0.278 e. The highest BCUT2D eigenvalue weighted by Crippen LogP contribution is 2.40. The molecule has 12 rings (SSSR count). The van der Waals surface area contributed by atoms with Gasteiger partial charge < -0.3 is 0 Å². The van der Waals surface area contributed by atoms with Crippen LogP contribution in [0, 0.1) is 0 Å². The molecule has 75 heavy (non-hydrogen) atoms. The molecular weight excluding hydrogens is 941 g/mol. The normalized spacial score (nSPS) is 11.5. The fourth-order valence-corrected chi connectivity index (χ4v) is 20.7. The average molecular weight is 993 g/mol. The van der Waals surface area contributed by atoms with E-state index in [0.717, 1.165) is 33.6 Å². The Morgan fingerprint density at radius 2 is 0.533 bits per heavy atom. The number of aromatic nitrogens is 3. The maximum absolute atomic E-state index is 5.60. The summed E-state index contributed by atoms with van der Waals surface area (Å²) in [6, 6.07) is 114. The molecule has 0 saturated heterocycles. The lowest BCUT2D eigenvalue weighted by atomic mass is 10.0. The van der Waals surface area contributed by atoms with Gasteiger partial charge in [0.15, 0.2) is 27.8 Å². The van der Waals surface area contributed by atoms with Gasteiger partial charge in [-0.1, -0.05) is 297 Å². The van der Waals surface area contributed by atoms with Crippen LogP contribution in [0.2, 0.25) is 0 Å². The molecule has 1 aromatic heterocycles. The van der Waals surface area contributed by atoms with E-state index < -0.39 is 16.1 Å². The molecule has 1 heterocycles. The van der Waals surface area contributed by atoms with Gasteiger partial charge >= 0.3 is 0 Å². The molecule has 11 aromatic carbocycles. The van der Waals surface area contributed by atoms with E-state index in [1.54, 1.807) is 0 Å². The summed E-state index contributed by atoms with van der Waals surface area (Å²) in [7, 11) is -5.86. The van der Waals surface area contributed by atoms with Crippen molar-refractivity contribution in [3.8, 4) is 33.9 Å². The van der Waals surface area contributed by atoms with Crippen molar-refractivity contribution in [3.05, 3.63) is 315 Å². The molecule has 0 radical (unpaired) electrons.